The molecule has 5 aromatic rings. The van der Waals surface area contributed by atoms with Gasteiger partial charge in [-0.3, -0.25) is 9.36 Å². The van der Waals surface area contributed by atoms with Crippen LogP contribution < -0.4 is 5.56 Å². The van der Waals surface area contributed by atoms with Gasteiger partial charge in [-0.1, -0.05) is 17.7 Å². The number of oxazole rings is 1. The number of pyridine rings is 1. The molecular formula is C23H14ClF3N4O3S. The number of hydrogen-bond acceptors (Lipinski definition) is 7. The van der Waals surface area contributed by atoms with Crippen molar-refractivity contribution in [2.45, 2.75) is 31.5 Å². The average molecular weight is 519 g/mol. The molecule has 7 nitrogen and oxygen atoms in total. The lowest BCUT2D eigenvalue weighted by Crippen LogP contribution is -2.24. The molecule has 1 fully saturated rings. The summed E-state index contributed by atoms with van der Waals surface area (Å²) < 4.78 is 47.3. The molecule has 0 amide bonds. The van der Waals surface area contributed by atoms with Crippen molar-refractivity contribution in [1.29, 1.82) is 0 Å². The van der Waals surface area contributed by atoms with Gasteiger partial charge >= 0.3 is 6.18 Å². The number of phenols is 1. The summed E-state index contributed by atoms with van der Waals surface area (Å²) in [4.78, 5) is 26.6. The van der Waals surface area contributed by atoms with Gasteiger partial charge in [0.25, 0.3) is 5.56 Å². The third-order valence-electron chi connectivity index (χ3n) is 5.90. The molecular weight excluding hydrogens is 505 g/mol. The highest BCUT2D eigenvalue weighted by Gasteiger charge is 2.37. The SMILES string of the molecule is O=c1c2c(nc(-c3ccc(C(F)(F)F)nc3C3CC3)n1Cc1cnco1)sc1c(O)c(Cl)ccc12. The normalized spacial score (nSPS) is 14.3. The lowest BCUT2D eigenvalue weighted by molar-refractivity contribution is -0.141. The van der Waals surface area contributed by atoms with Crippen LogP contribution in [-0.2, 0) is 12.7 Å². The van der Waals surface area contributed by atoms with Gasteiger partial charge < -0.3 is 9.52 Å². The topological polar surface area (TPSA) is 94.0 Å². The first-order chi connectivity index (χ1) is 16.7. The van der Waals surface area contributed by atoms with Gasteiger partial charge in [-0.15, -0.1) is 11.3 Å². The third-order valence-corrected chi connectivity index (χ3v) is 7.31. The summed E-state index contributed by atoms with van der Waals surface area (Å²) in [7, 11) is 0. The fraction of sp³-hybridized carbons (Fsp3) is 0.217. The summed E-state index contributed by atoms with van der Waals surface area (Å²) in [6.07, 6.45) is -0.524. The number of halogens is 4. The molecule has 0 atom stereocenters. The van der Waals surface area contributed by atoms with Crippen LogP contribution in [0.5, 0.6) is 5.75 Å². The van der Waals surface area contributed by atoms with Gasteiger partial charge in [0.2, 0.25) is 0 Å². The molecule has 1 aromatic carbocycles. The molecule has 1 aliphatic carbocycles. The van der Waals surface area contributed by atoms with Gasteiger partial charge in [-0.2, -0.15) is 13.2 Å². The summed E-state index contributed by atoms with van der Waals surface area (Å²) in [5, 5.41) is 11.3. The Balaban J connectivity index is 1.67. The van der Waals surface area contributed by atoms with E-state index in [-0.39, 0.29) is 40.1 Å². The molecule has 0 radical (unpaired) electrons. The molecule has 12 heteroatoms. The largest absolute Gasteiger partial charge is 0.505 e. The Morgan fingerprint density at radius 2 is 2.00 bits per heavy atom. The second kappa shape index (κ2) is 7.79. The van der Waals surface area contributed by atoms with E-state index in [0.29, 0.717) is 39.1 Å². The van der Waals surface area contributed by atoms with E-state index in [1.54, 1.807) is 6.07 Å². The van der Waals surface area contributed by atoms with Gasteiger partial charge in [0.1, 0.15) is 22.1 Å². The number of rotatable bonds is 4. The zero-order valence-electron chi connectivity index (χ0n) is 17.6. The molecule has 35 heavy (non-hydrogen) atoms. The van der Waals surface area contributed by atoms with Gasteiger partial charge in [0, 0.05) is 16.9 Å². The van der Waals surface area contributed by atoms with Crippen LogP contribution in [0.4, 0.5) is 13.2 Å². The van der Waals surface area contributed by atoms with Crippen molar-refractivity contribution in [3.63, 3.8) is 0 Å². The highest BCUT2D eigenvalue weighted by atomic mass is 35.5. The number of fused-ring (bicyclic) bond motifs is 3. The molecule has 4 aromatic heterocycles. The predicted octanol–water partition coefficient (Wildman–Crippen LogP) is 5.96. The molecule has 1 N–H and O–H groups in total. The quantitative estimate of drug-likeness (QED) is 0.315. The number of aromatic hydroxyl groups is 1. The Kier molecular flexibility index (Phi) is 4.91. The lowest BCUT2D eigenvalue weighted by atomic mass is 10.1. The van der Waals surface area contributed by atoms with Crippen LogP contribution >= 0.6 is 22.9 Å². The van der Waals surface area contributed by atoms with Crippen LogP contribution in [0.2, 0.25) is 5.02 Å². The minimum Gasteiger partial charge on any atom is -0.505 e. The third kappa shape index (κ3) is 3.66. The second-order valence-corrected chi connectivity index (χ2v) is 9.66. The molecule has 1 saturated carbocycles. The second-order valence-electron chi connectivity index (χ2n) is 8.25. The minimum atomic E-state index is -4.60. The van der Waals surface area contributed by atoms with Crippen molar-refractivity contribution in [3.05, 3.63) is 69.4 Å². The first-order valence-corrected chi connectivity index (χ1v) is 11.7. The summed E-state index contributed by atoms with van der Waals surface area (Å²) in [5.41, 5.74) is -0.825. The molecule has 0 saturated heterocycles. The predicted molar refractivity (Wildman–Crippen MR) is 124 cm³/mol. The molecule has 4 heterocycles. The van der Waals surface area contributed by atoms with Crippen molar-refractivity contribution >= 4 is 43.2 Å². The number of aromatic nitrogens is 4. The van der Waals surface area contributed by atoms with E-state index in [9.17, 15) is 23.1 Å². The van der Waals surface area contributed by atoms with Crippen LogP contribution in [0.3, 0.4) is 0 Å². The van der Waals surface area contributed by atoms with Gasteiger partial charge in [0.05, 0.1) is 33.5 Å². The molecule has 1 aliphatic rings. The summed E-state index contributed by atoms with van der Waals surface area (Å²) in [5.74, 6) is 0.223. The Morgan fingerprint density at radius 1 is 1.20 bits per heavy atom. The monoisotopic (exact) mass is 518 g/mol. The van der Waals surface area contributed by atoms with Crippen LogP contribution in [0.25, 0.3) is 31.7 Å². The number of nitrogens with zero attached hydrogens (tertiary/aromatic N) is 4. The number of alkyl halides is 3. The maximum Gasteiger partial charge on any atom is 0.433 e. The van der Waals surface area contributed by atoms with Crippen LogP contribution in [0.1, 0.15) is 35.9 Å². The van der Waals surface area contributed by atoms with E-state index in [0.717, 1.165) is 17.4 Å². The van der Waals surface area contributed by atoms with Crippen molar-refractivity contribution in [1.82, 2.24) is 19.5 Å². The molecule has 0 aliphatic heterocycles. The van der Waals surface area contributed by atoms with E-state index >= 15 is 0 Å². The first kappa shape index (κ1) is 22.1. The maximum absolute atomic E-state index is 13.8. The van der Waals surface area contributed by atoms with E-state index in [1.165, 1.54) is 29.3 Å². The number of hydrogen-bond donors (Lipinski definition) is 1. The van der Waals surface area contributed by atoms with Gasteiger partial charge in [-0.25, -0.2) is 15.0 Å². The fourth-order valence-electron chi connectivity index (χ4n) is 4.10. The van der Waals surface area contributed by atoms with Gasteiger partial charge in [0.15, 0.2) is 12.1 Å². The lowest BCUT2D eigenvalue weighted by Gasteiger charge is -2.16. The van der Waals surface area contributed by atoms with Crippen molar-refractivity contribution in [2.24, 2.45) is 0 Å². The summed E-state index contributed by atoms with van der Waals surface area (Å²) in [6, 6.07) is 5.33. The summed E-state index contributed by atoms with van der Waals surface area (Å²) >= 11 is 7.14. The fourth-order valence-corrected chi connectivity index (χ4v) is 5.43. The zero-order chi connectivity index (χ0) is 24.5. The highest BCUT2D eigenvalue weighted by Crippen LogP contribution is 2.45. The van der Waals surface area contributed by atoms with Crippen molar-refractivity contribution in [3.8, 4) is 17.1 Å². The molecule has 178 valence electrons. The van der Waals surface area contributed by atoms with E-state index in [2.05, 4.69) is 9.97 Å². The smallest absolute Gasteiger partial charge is 0.433 e. The molecule has 0 bridgehead atoms. The van der Waals surface area contributed by atoms with Crippen molar-refractivity contribution in [2.75, 3.05) is 0 Å². The summed E-state index contributed by atoms with van der Waals surface area (Å²) in [6.45, 7) is -0.0425. The number of benzene rings is 1. The van der Waals surface area contributed by atoms with Gasteiger partial charge in [-0.05, 0) is 31.0 Å². The molecule has 6 rings (SSSR count). The maximum atomic E-state index is 13.8. The Morgan fingerprint density at radius 3 is 2.69 bits per heavy atom. The van der Waals surface area contributed by atoms with E-state index in [4.69, 9.17) is 21.0 Å². The highest BCUT2D eigenvalue weighted by molar-refractivity contribution is 7.25. The first-order valence-electron chi connectivity index (χ1n) is 10.5. The number of thiophene rings is 1. The Hall–Kier alpha value is -3.44. The standard InChI is InChI=1S/C23H14ClF3N4O3S/c24-14-5-3-12-16-21(35-19(12)18(14)32)30-20(31(22(16)33)8-11-7-28-9-34-11)13-4-6-15(23(25,26)27)29-17(13)10-1-2-10/h3-7,9-10,32H,1-2,8H2. The van der Waals surface area contributed by atoms with Crippen LogP contribution in [0, 0.1) is 0 Å². The molecule has 0 unspecified atom stereocenters. The van der Waals surface area contributed by atoms with E-state index in [1.807, 2.05) is 0 Å². The number of phenolic OH excluding ortho intramolecular Hbond substituents is 1. The van der Waals surface area contributed by atoms with Crippen LogP contribution in [-0.4, -0.2) is 24.6 Å². The van der Waals surface area contributed by atoms with E-state index < -0.39 is 17.4 Å². The van der Waals surface area contributed by atoms with Crippen molar-refractivity contribution < 1.29 is 22.7 Å². The minimum absolute atomic E-state index is 0.0425. The van der Waals surface area contributed by atoms with Crippen LogP contribution in [0.15, 0.2) is 46.1 Å². The average Bonchev–Trinajstić information content (AvgIpc) is 3.40. The molecule has 0 spiro atoms. The Labute approximate surface area is 203 Å². The Bertz CT molecular complexity index is 1670. The zero-order valence-corrected chi connectivity index (χ0v) is 19.2.